The maximum Gasteiger partial charge on any atom is 0.274 e. The van der Waals surface area contributed by atoms with E-state index in [1.54, 1.807) is 12.4 Å². The van der Waals surface area contributed by atoms with Crippen molar-refractivity contribution < 1.29 is 4.79 Å². The third-order valence-electron chi connectivity index (χ3n) is 4.39. The van der Waals surface area contributed by atoms with Crippen molar-refractivity contribution in [2.75, 3.05) is 47.3 Å². The van der Waals surface area contributed by atoms with Gasteiger partial charge in [-0.1, -0.05) is 24.3 Å². The Morgan fingerprint density at radius 1 is 1.08 bits per heavy atom. The Bertz CT molecular complexity index is 721. The zero-order valence-electron chi connectivity index (χ0n) is 15.1. The summed E-state index contributed by atoms with van der Waals surface area (Å²) in [6, 6.07) is 8.25. The SMILES string of the molecule is CN(C)Cc1ccc(-c2cncc(C(=O)N3CCN(C)CC3)n2)cc1. The molecule has 132 valence electrons. The molecule has 1 fully saturated rings. The quantitative estimate of drug-likeness (QED) is 0.847. The van der Waals surface area contributed by atoms with Crippen molar-refractivity contribution in [1.29, 1.82) is 0 Å². The number of hydrogen-bond donors (Lipinski definition) is 0. The van der Waals surface area contributed by atoms with Crippen molar-refractivity contribution in [3.8, 4) is 11.3 Å². The fourth-order valence-corrected chi connectivity index (χ4v) is 2.93. The van der Waals surface area contributed by atoms with Gasteiger partial charge in [0.05, 0.1) is 18.1 Å². The van der Waals surface area contributed by atoms with Gasteiger partial charge in [0.25, 0.3) is 5.91 Å². The summed E-state index contributed by atoms with van der Waals surface area (Å²) < 4.78 is 0. The van der Waals surface area contributed by atoms with E-state index in [1.165, 1.54) is 5.56 Å². The molecule has 1 aromatic carbocycles. The molecule has 0 spiro atoms. The molecule has 25 heavy (non-hydrogen) atoms. The highest BCUT2D eigenvalue weighted by Crippen LogP contribution is 2.18. The minimum atomic E-state index is -0.0355. The van der Waals surface area contributed by atoms with E-state index < -0.39 is 0 Å². The van der Waals surface area contributed by atoms with Crippen LogP contribution < -0.4 is 0 Å². The smallest absolute Gasteiger partial charge is 0.274 e. The first-order valence-corrected chi connectivity index (χ1v) is 8.57. The maximum absolute atomic E-state index is 12.7. The zero-order valence-corrected chi connectivity index (χ0v) is 15.1. The first-order valence-electron chi connectivity index (χ1n) is 8.57. The molecule has 1 saturated heterocycles. The molecule has 0 saturated carbocycles. The molecule has 3 rings (SSSR count). The molecule has 0 bridgehead atoms. The second-order valence-corrected chi connectivity index (χ2v) is 6.82. The molecular formula is C19H25N5O. The van der Waals surface area contributed by atoms with Crippen molar-refractivity contribution in [1.82, 2.24) is 24.7 Å². The summed E-state index contributed by atoms with van der Waals surface area (Å²) in [4.78, 5) is 27.7. The summed E-state index contributed by atoms with van der Waals surface area (Å²) in [7, 11) is 6.17. The number of nitrogens with zero attached hydrogens (tertiary/aromatic N) is 5. The van der Waals surface area contributed by atoms with Crippen LogP contribution in [0.4, 0.5) is 0 Å². The minimum Gasteiger partial charge on any atom is -0.335 e. The Morgan fingerprint density at radius 2 is 1.76 bits per heavy atom. The highest BCUT2D eigenvalue weighted by molar-refractivity contribution is 5.92. The number of carbonyl (C=O) groups excluding carboxylic acids is 1. The average molecular weight is 339 g/mol. The molecule has 1 amide bonds. The van der Waals surface area contributed by atoms with Crippen LogP contribution in [0.15, 0.2) is 36.7 Å². The van der Waals surface area contributed by atoms with Gasteiger partial charge in [0.2, 0.25) is 0 Å². The van der Waals surface area contributed by atoms with Gasteiger partial charge in [0.1, 0.15) is 5.69 Å². The van der Waals surface area contributed by atoms with Crippen LogP contribution in [0.5, 0.6) is 0 Å². The normalized spacial score (nSPS) is 15.6. The van der Waals surface area contributed by atoms with Crippen LogP contribution in [-0.2, 0) is 6.54 Å². The van der Waals surface area contributed by atoms with Gasteiger partial charge < -0.3 is 14.7 Å². The molecule has 2 heterocycles. The fourth-order valence-electron chi connectivity index (χ4n) is 2.93. The molecule has 1 aromatic heterocycles. The minimum absolute atomic E-state index is 0.0355. The predicted molar refractivity (Wildman–Crippen MR) is 98.3 cm³/mol. The number of amides is 1. The average Bonchev–Trinajstić information content (AvgIpc) is 2.62. The summed E-state index contributed by atoms with van der Waals surface area (Å²) in [5.74, 6) is -0.0355. The molecule has 6 nitrogen and oxygen atoms in total. The van der Waals surface area contributed by atoms with E-state index in [1.807, 2.05) is 31.1 Å². The van der Waals surface area contributed by atoms with Crippen LogP contribution in [0, 0.1) is 0 Å². The predicted octanol–water partition coefficient (Wildman–Crippen LogP) is 1.59. The van der Waals surface area contributed by atoms with Crippen LogP contribution in [0.2, 0.25) is 0 Å². The molecule has 0 N–H and O–H groups in total. The topological polar surface area (TPSA) is 52.6 Å². The van der Waals surface area contributed by atoms with E-state index in [-0.39, 0.29) is 5.91 Å². The number of rotatable bonds is 4. The molecule has 0 aliphatic carbocycles. The van der Waals surface area contributed by atoms with E-state index in [9.17, 15) is 4.79 Å². The van der Waals surface area contributed by atoms with Gasteiger partial charge in [0, 0.05) is 38.3 Å². The molecule has 6 heteroatoms. The summed E-state index contributed by atoms with van der Waals surface area (Å²) in [6.45, 7) is 4.16. The summed E-state index contributed by atoms with van der Waals surface area (Å²) in [5.41, 5.74) is 3.37. The van der Waals surface area contributed by atoms with E-state index >= 15 is 0 Å². The molecule has 1 aliphatic heterocycles. The van der Waals surface area contributed by atoms with Crippen LogP contribution in [0.3, 0.4) is 0 Å². The highest BCUT2D eigenvalue weighted by atomic mass is 16.2. The number of hydrogen-bond acceptors (Lipinski definition) is 5. The van der Waals surface area contributed by atoms with Crippen molar-refractivity contribution >= 4 is 5.91 Å². The monoisotopic (exact) mass is 339 g/mol. The van der Waals surface area contributed by atoms with Gasteiger partial charge in [-0.3, -0.25) is 9.78 Å². The lowest BCUT2D eigenvalue weighted by molar-refractivity contribution is 0.0658. The fraction of sp³-hybridized carbons (Fsp3) is 0.421. The summed E-state index contributed by atoms with van der Waals surface area (Å²) in [6.07, 6.45) is 3.27. The highest BCUT2D eigenvalue weighted by Gasteiger charge is 2.21. The first kappa shape index (κ1) is 17.5. The third kappa shape index (κ3) is 4.41. The Balaban J connectivity index is 1.76. The van der Waals surface area contributed by atoms with Gasteiger partial charge in [-0.15, -0.1) is 0 Å². The lowest BCUT2D eigenvalue weighted by Gasteiger charge is -2.32. The lowest BCUT2D eigenvalue weighted by atomic mass is 10.1. The number of aromatic nitrogens is 2. The Kier molecular flexibility index (Phi) is 5.40. The third-order valence-corrected chi connectivity index (χ3v) is 4.39. The van der Waals surface area contributed by atoms with Crippen molar-refractivity contribution in [2.24, 2.45) is 0 Å². The van der Waals surface area contributed by atoms with Crippen molar-refractivity contribution in [3.63, 3.8) is 0 Å². The van der Waals surface area contributed by atoms with E-state index in [0.717, 1.165) is 44.0 Å². The van der Waals surface area contributed by atoms with Crippen molar-refractivity contribution in [2.45, 2.75) is 6.54 Å². The van der Waals surface area contributed by atoms with Crippen LogP contribution in [-0.4, -0.2) is 77.9 Å². The number of carbonyl (C=O) groups is 1. The molecule has 2 aromatic rings. The van der Waals surface area contributed by atoms with Crippen LogP contribution >= 0.6 is 0 Å². The summed E-state index contributed by atoms with van der Waals surface area (Å²) in [5, 5.41) is 0. The van der Waals surface area contributed by atoms with Crippen molar-refractivity contribution in [3.05, 3.63) is 47.9 Å². The Hall–Kier alpha value is -2.31. The number of benzene rings is 1. The maximum atomic E-state index is 12.7. The standard InChI is InChI=1S/C19H25N5O/c1-22(2)14-15-4-6-16(7-5-15)17-12-20-13-18(21-17)19(25)24-10-8-23(3)9-11-24/h4-7,12-13H,8-11,14H2,1-3H3. The molecule has 0 unspecified atom stereocenters. The van der Waals surface area contributed by atoms with E-state index in [0.29, 0.717) is 5.69 Å². The summed E-state index contributed by atoms with van der Waals surface area (Å²) >= 11 is 0. The number of piperazine rings is 1. The first-order chi connectivity index (χ1) is 12.0. The Labute approximate surface area is 149 Å². The van der Waals surface area contributed by atoms with E-state index in [4.69, 9.17) is 0 Å². The van der Waals surface area contributed by atoms with Crippen LogP contribution in [0.25, 0.3) is 11.3 Å². The zero-order chi connectivity index (χ0) is 17.8. The molecule has 1 aliphatic rings. The largest absolute Gasteiger partial charge is 0.335 e. The lowest BCUT2D eigenvalue weighted by Crippen LogP contribution is -2.47. The second-order valence-electron chi connectivity index (χ2n) is 6.82. The molecular weight excluding hydrogens is 314 g/mol. The molecule has 0 atom stereocenters. The van der Waals surface area contributed by atoms with Gasteiger partial charge in [-0.2, -0.15) is 0 Å². The Morgan fingerprint density at radius 3 is 2.40 bits per heavy atom. The van der Waals surface area contributed by atoms with E-state index in [2.05, 4.69) is 38.9 Å². The van der Waals surface area contributed by atoms with Gasteiger partial charge in [-0.25, -0.2) is 4.98 Å². The second kappa shape index (κ2) is 7.72. The van der Waals surface area contributed by atoms with Gasteiger partial charge in [0.15, 0.2) is 0 Å². The van der Waals surface area contributed by atoms with Gasteiger partial charge in [-0.05, 0) is 26.7 Å². The number of likely N-dealkylation sites (N-methyl/N-ethyl adjacent to an activating group) is 1. The molecule has 0 radical (unpaired) electrons. The van der Waals surface area contributed by atoms with Crippen LogP contribution in [0.1, 0.15) is 16.1 Å². The van der Waals surface area contributed by atoms with Gasteiger partial charge >= 0.3 is 0 Å².